The summed E-state index contributed by atoms with van der Waals surface area (Å²) in [7, 11) is 0. The lowest BCUT2D eigenvalue weighted by atomic mass is 9.73. The van der Waals surface area contributed by atoms with Gasteiger partial charge in [0.25, 0.3) is 0 Å². The van der Waals surface area contributed by atoms with Crippen LogP contribution in [0.3, 0.4) is 0 Å². The van der Waals surface area contributed by atoms with Gasteiger partial charge in [-0.05, 0) is 26.0 Å². The van der Waals surface area contributed by atoms with Crippen molar-refractivity contribution in [3.05, 3.63) is 0 Å². The molecule has 2 N–H and O–H groups in total. The van der Waals surface area contributed by atoms with Crippen molar-refractivity contribution in [3.8, 4) is 0 Å². The summed E-state index contributed by atoms with van der Waals surface area (Å²) < 4.78 is 0. The minimum Gasteiger partial charge on any atom is -0.481 e. The molecular formula is C8H14O3S. The molecule has 1 atom stereocenters. The first-order valence-electron chi connectivity index (χ1n) is 3.94. The van der Waals surface area contributed by atoms with Gasteiger partial charge >= 0.3 is 5.97 Å². The zero-order valence-corrected chi connectivity index (χ0v) is 8.15. The lowest BCUT2D eigenvalue weighted by molar-refractivity contribution is -0.161. The highest BCUT2D eigenvalue weighted by molar-refractivity contribution is 7.99. The smallest absolute Gasteiger partial charge is 0.313 e. The number of aliphatic hydroxyl groups is 1. The van der Waals surface area contributed by atoms with E-state index in [1.165, 1.54) is 0 Å². The number of hydrogen-bond donors (Lipinski definition) is 2. The van der Waals surface area contributed by atoms with Crippen molar-refractivity contribution in [2.45, 2.75) is 25.9 Å². The molecule has 0 aromatic rings. The zero-order valence-electron chi connectivity index (χ0n) is 7.33. The number of hydrogen-bond acceptors (Lipinski definition) is 3. The van der Waals surface area contributed by atoms with E-state index in [-0.39, 0.29) is 0 Å². The Labute approximate surface area is 76.2 Å². The summed E-state index contributed by atoms with van der Waals surface area (Å²) in [5.74, 6) is 0.474. The largest absolute Gasteiger partial charge is 0.481 e. The highest BCUT2D eigenvalue weighted by Gasteiger charge is 2.52. The van der Waals surface area contributed by atoms with E-state index in [0.717, 1.165) is 5.75 Å². The maximum absolute atomic E-state index is 11.0. The summed E-state index contributed by atoms with van der Waals surface area (Å²) in [6.07, 6.45) is 0.566. The number of aliphatic carboxylic acids is 1. The summed E-state index contributed by atoms with van der Waals surface area (Å²) in [4.78, 5) is 11.0. The summed E-state index contributed by atoms with van der Waals surface area (Å²) in [5.41, 5.74) is -2.06. The van der Waals surface area contributed by atoms with Crippen molar-refractivity contribution in [2.24, 2.45) is 5.41 Å². The summed E-state index contributed by atoms with van der Waals surface area (Å²) in [6, 6.07) is 0. The number of carboxylic acid groups (broad SMARTS) is 1. The first-order valence-corrected chi connectivity index (χ1v) is 5.09. The first-order chi connectivity index (χ1) is 5.40. The Kier molecular flexibility index (Phi) is 2.40. The van der Waals surface area contributed by atoms with Crippen LogP contribution in [0, 0.1) is 5.41 Å². The summed E-state index contributed by atoms with van der Waals surface area (Å²) >= 11 is 1.60. The molecule has 1 heterocycles. The van der Waals surface area contributed by atoms with Gasteiger partial charge in [-0.2, -0.15) is 11.8 Å². The van der Waals surface area contributed by atoms with E-state index in [9.17, 15) is 9.90 Å². The Morgan fingerprint density at radius 1 is 1.58 bits per heavy atom. The molecule has 0 bridgehead atoms. The van der Waals surface area contributed by atoms with E-state index in [2.05, 4.69) is 0 Å². The fourth-order valence-electron chi connectivity index (χ4n) is 1.48. The second kappa shape index (κ2) is 2.92. The van der Waals surface area contributed by atoms with Crippen LogP contribution in [0.4, 0.5) is 0 Å². The van der Waals surface area contributed by atoms with E-state index in [1.54, 1.807) is 25.6 Å². The maximum atomic E-state index is 11.0. The third-order valence-corrected chi connectivity index (χ3v) is 3.79. The van der Waals surface area contributed by atoms with Gasteiger partial charge in [0.2, 0.25) is 0 Å². The average Bonchev–Trinajstić information content (AvgIpc) is 2.31. The van der Waals surface area contributed by atoms with Gasteiger partial charge in [-0.1, -0.05) is 0 Å². The minimum absolute atomic E-state index is 0.520. The molecule has 0 spiro atoms. The quantitative estimate of drug-likeness (QED) is 0.681. The Morgan fingerprint density at radius 3 is 2.33 bits per heavy atom. The molecule has 1 rings (SSSR count). The topological polar surface area (TPSA) is 57.5 Å². The third-order valence-electron chi connectivity index (χ3n) is 2.60. The minimum atomic E-state index is -1.12. The van der Waals surface area contributed by atoms with Crippen LogP contribution in [0.1, 0.15) is 20.3 Å². The molecule has 0 radical (unpaired) electrons. The van der Waals surface area contributed by atoms with Crippen molar-refractivity contribution in [2.75, 3.05) is 11.5 Å². The van der Waals surface area contributed by atoms with Gasteiger partial charge in [-0.3, -0.25) is 4.79 Å². The molecule has 0 amide bonds. The first kappa shape index (κ1) is 9.86. The molecule has 1 fully saturated rings. The molecule has 4 heteroatoms. The lowest BCUT2D eigenvalue weighted by Crippen LogP contribution is -2.49. The molecule has 0 aromatic heterocycles. The molecule has 0 saturated carbocycles. The van der Waals surface area contributed by atoms with Crippen LogP contribution in [0.15, 0.2) is 0 Å². The van der Waals surface area contributed by atoms with Gasteiger partial charge in [0.05, 0.1) is 5.60 Å². The van der Waals surface area contributed by atoms with E-state index in [0.29, 0.717) is 12.2 Å². The van der Waals surface area contributed by atoms with Crippen LogP contribution >= 0.6 is 11.8 Å². The van der Waals surface area contributed by atoms with Gasteiger partial charge in [-0.25, -0.2) is 0 Å². The van der Waals surface area contributed by atoms with Crippen LogP contribution in [0.2, 0.25) is 0 Å². The van der Waals surface area contributed by atoms with E-state index in [4.69, 9.17) is 5.11 Å². The lowest BCUT2D eigenvalue weighted by Gasteiger charge is -2.35. The van der Waals surface area contributed by atoms with Crippen molar-refractivity contribution >= 4 is 17.7 Å². The fourth-order valence-corrected chi connectivity index (χ4v) is 3.08. The predicted molar refractivity (Wildman–Crippen MR) is 48.3 cm³/mol. The molecule has 12 heavy (non-hydrogen) atoms. The second-order valence-electron chi connectivity index (χ2n) is 3.75. The molecule has 1 aliphatic rings. The Morgan fingerprint density at radius 2 is 2.17 bits per heavy atom. The van der Waals surface area contributed by atoms with E-state index in [1.807, 2.05) is 0 Å². The average molecular weight is 190 g/mol. The number of carbonyl (C=O) groups is 1. The van der Waals surface area contributed by atoms with Crippen LogP contribution in [0.5, 0.6) is 0 Å². The van der Waals surface area contributed by atoms with Crippen LogP contribution in [-0.4, -0.2) is 33.3 Å². The highest BCUT2D eigenvalue weighted by atomic mass is 32.2. The standard InChI is InChI=1S/C8H14O3S/c1-7(2,11)8(6(9)10)3-4-12-5-8/h11H,3-5H2,1-2H3,(H,9,10). The SMILES string of the molecule is CC(C)(O)C1(C(=O)O)CCSC1. The maximum Gasteiger partial charge on any atom is 0.313 e. The molecule has 1 saturated heterocycles. The van der Waals surface area contributed by atoms with Crippen LogP contribution in [0.25, 0.3) is 0 Å². The van der Waals surface area contributed by atoms with Gasteiger partial charge in [0.15, 0.2) is 0 Å². The fraction of sp³-hybridized carbons (Fsp3) is 0.875. The number of rotatable bonds is 2. The van der Waals surface area contributed by atoms with Crippen LogP contribution < -0.4 is 0 Å². The van der Waals surface area contributed by atoms with Crippen LogP contribution in [-0.2, 0) is 4.79 Å². The predicted octanol–water partition coefficient (Wildman–Crippen LogP) is 0.965. The molecule has 0 aromatic carbocycles. The molecule has 1 aliphatic heterocycles. The van der Waals surface area contributed by atoms with Crippen molar-refractivity contribution in [1.82, 2.24) is 0 Å². The summed E-state index contributed by atoms with van der Waals surface area (Å²) in [5, 5.41) is 18.8. The Bertz CT molecular complexity index is 189. The molecule has 70 valence electrons. The molecule has 1 unspecified atom stereocenters. The van der Waals surface area contributed by atoms with E-state index >= 15 is 0 Å². The second-order valence-corrected chi connectivity index (χ2v) is 4.85. The molecule has 0 aliphatic carbocycles. The van der Waals surface area contributed by atoms with Crippen molar-refractivity contribution < 1.29 is 15.0 Å². The molecular weight excluding hydrogens is 176 g/mol. The van der Waals surface area contributed by atoms with Gasteiger partial charge < -0.3 is 10.2 Å². The highest BCUT2D eigenvalue weighted by Crippen LogP contribution is 2.44. The number of thioether (sulfide) groups is 1. The zero-order chi connectivity index (χ0) is 9.41. The Balaban J connectivity index is 2.94. The van der Waals surface area contributed by atoms with Gasteiger partial charge in [0, 0.05) is 5.75 Å². The van der Waals surface area contributed by atoms with Crippen molar-refractivity contribution in [1.29, 1.82) is 0 Å². The monoisotopic (exact) mass is 190 g/mol. The Hall–Kier alpha value is -0.220. The van der Waals surface area contributed by atoms with Gasteiger partial charge in [0.1, 0.15) is 5.41 Å². The van der Waals surface area contributed by atoms with E-state index < -0.39 is 17.0 Å². The third kappa shape index (κ3) is 1.33. The van der Waals surface area contributed by atoms with Gasteiger partial charge in [-0.15, -0.1) is 0 Å². The molecule has 3 nitrogen and oxygen atoms in total. The van der Waals surface area contributed by atoms with Crippen molar-refractivity contribution in [3.63, 3.8) is 0 Å². The normalized spacial score (nSPS) is 30.6. The summed E-state index contributed by atoms with van der Waals surface area (Å²) in [6.45, 7) is 3.15. The number of carboxylic acids is 1.